The van der Waals surface area contributed by atoms with Crippen LogP contribution >= 0.6 is 0 Å². The van der Waals surface area contributed by atoms with Gasteiger partial charge in [0.2, 0.25) is 5.91 Å². The van der Waals surface area contributed by atoms with E-state index in [0.717, 1.165) is 16.3 Å². The summed E-state index contributed by atoms with van der Waals surface area (Å²) in [5.74, 6) is 0.581. The Morgan fingerprint density at radius 2 is 1.58 bits per heavy atom. The molecule has 4 aromatic rings. The predicted molar refractivity (Wildman–Crippen MR) is 123 cm³/mol. The van der Waals surface area contributed by atoms with Gasteiger partial charge in [-0.15, -0.1) is 0 Å². The molecular weight excluding hydrogens is 388 g/mol. The molecule has 0 aliphatic heterocycles. The lowest BCUT2D eigenvalue weighted by Crippen LogP contribution is -2.33. The lowest BCUT2D eigenvalue weighted by atomic mass is 10.0. The maximum atomic E-state index is 12.6. The summed E-state index contributed by atoms with van der Waals surface area (Å²) in [5.41, 5.74) is 2.15. The molecule has 2 amide bonds. The third-order valence-corrected chi connectivity index (χ3v) is 4.82. The van der Waals surface area contributed by atoms with Crippen molar-refractivity contribution in [2.45, 2.75) is 6.92 Å². The average molecular weight is 410 g/mol. The second-order valence-electron chi connectivity index (χ2n) is 7.17. The minimum Gasteiger partial charge on any atom is -0.455 e. The molecule has 5 heteroatoms. The lowest BCUT2D eigenvalue weighted by Gasteiger charge is -2.13. The van der Waals surface area contributed by atoms with Crippen molar-refractivity contribution in [2.75, 3.05) is 11.9 Å². The third kappa shape index (κ3) is 4.90. The van der Waals surface area contributed by atoms with Crippen LogP contribution in [0.15, 0.2) is 91.0 Å². The molecule has 0 aliphatic rings. The van der Waals surface area contributed by atoms with Gasteiger partial charge in [-0.3, -0.25) is 9.59 Å². The maximum Gasteiger partial charge on any atom is 0.252 e. The molecular formula is C26H22N2O3. The first-order valence-corrected chi connectivity index (χ1v) is 9.99. The highest BCUT2D eigenvalue weighted by Crippen LogP contribution is 2.29. The fourth-order valence-electron chi connectivity index (χ4n) is 3.34. The highest BCUT2D eigenvalue weighted by molar-refractivity contribution is 6.08. The van der Waals surface area contributed by atoms with E-state index in [2.05, 4.69) is 10.6 Å². The van der Waals surface area contributed by atoms with Crippen molar-refractivity contribution < 1.29 is 14.3 Å². The Morgan fingerprint density at radius 3 is 2.45 bits per heavy atom. The van der Waals surface area contributed by atoms with Gasteiger partial charge < -0.3 is 15.4 Å². The first-order chi connectivity index (χ1) is 15.1. The van der Waals surface area contributed by atoms with Gasteiger partial charge in [-0.25, -0.2) is 0 Å². The summed E-state index contributed by atoms with van der Waals surface area (Å²) in [6.45, 7) is 1.83. The number of anilines is 1. The van der Waals surface area contributed by atoms with Crippen LogP contribution in [0.3, 0.4) is 0 Å². The Balaban J connectivity index is 1.42. The molecule has 0 atom stereocenters. The van der Waals surface area contributed by atoms with Crippen molar-refractivity contribution >= 4 is 28.3 Å². The minimum atomic E-state index is -0.339. The number of carbonyl (C=O) groups is 2. The molecule has 0 heterocycles. The molecule has 0 bridgehead atoms. The molecule has 0 spiro atoms. The van der Waals surface area contributed by atoms with Gasteiger partial charge in [-0.05, 0) is 53.6 Å². The van der Waals surface area contributed by atoms with Crippen molar-refractivity contribution in [1.29, 1.82) is 0 Å². The zero-order chi connectivity index (χ0) is 21.6. The number of aryl methyl sites for hydroxylation is 1. The fraction of sp³-hybridized carbons (Fsp3) is 0.0769. The zero-order valence-corrected chi connectivity index (χ0v) is 17.1. The maximum absolute atomic E-state index is 12.6. The number of rotatable bonds is 6. The number of para-hydroxylation sites is 2. The SMILES string of the molecule is Cc1cccc(Oc2ccccc2NC(=O)CNC(=O)c2cccc3ccccc23)c1. The summed E-state index contributed by atoms with van der Waals surface area (Å²) in [4.78, 5) is 25.1. The molecule has 0 saturated carbocycles. The van der Waals surface area contributed by atoms with Gasteiger partial charge in [0, 0.05) is 5.56 Å². The van der Waals surface area contributed by atoms with E-state index in [9.17, 15) is 9.59 Å². The van der Waals surface area contributed by atoms with E-state index in [4.69, 9.17) is 4.74 Å². The smallest absolute Gasteiger partial charge is 0.252 e. The summed E-state index contributed by atoms with van der Waals surface area (Å²) < 4.78 is 5.93. The summed E-state index contributed by atoms with van der Waals surface area (Å²) >= 11 is 0. The van der Waals surface area contributed by atoms with Gasteiger partial charge in [-0.2, -0.15) is 0 Å². The summed E-state index contributed by atoms with van der Waals surface area (Å²) in [5, 5.41) is 7.33. The number of hydrogen-bond donors (Lipinski definition) is 2. The van der Waals surface area contributed by atoms with Crippen LogP contribution in [-0.4, -0.2) is 18.4 Å². The molecule has 31 heavy (non-hydrogen) atoms. The van der Waals surface area contributed by atoms with Crippen LogP contribution in [0.5, 0.6) is 11.5 Å². The molecule has 0 saturated heterocycles. The van der Waals surface area contributed by atoms with Crippen LogP contribution in [0.25, 0.3) is 10.8 Å². The van der Waals surface area contributed by atoms with Crippen molar-refractivity contribution in [3.8, 4) is 11.5 Å². The number of amides is 2. The first-order valence-electron chi connectivity index (χ1n) is 9.99. The summed E-state index contributed by atoms with van der Waals surface area (Å²) in [6, 6.07) is 28.0. The Labute approximate surface area is 180 Å². The normalized spacial score (nSPS) is 10.5. The molecule has 5 nitrogen and oxygen atoms in total. The minimum absolute atomic E-state index is 0.152. The Morgan fingerprint density at radius 1 is 0.839 bits per heavy atom. The first kappa shape index (κ1) is 20.2. The quantitative estimate of drug-likeness (QED) is 0.453. The molecule has 0 unspecified atom stereocenters. The van der Waals surface area contributed by atoms with Gasteiger partial charge in [0.1, 0.15) is 5.75 Å². The van der Waals surface area contributed by atoms with Crippen LogP contribution in [0, 0.1) is 6.92 Å². The van der Waals surface area contributed by atoms with E-state index in [-0.39, 0.29) is 18.4 Å². The van der Waals surface area contributed by atoms with Gasteiger partial charge in [0.05, 0.1) is 12.2 Å². The molecule has 0 aliphatic carbocycles. The molecule has 4 aromatic carbocycles. The standard InChI is InChI=1S/C26H22N2O3/c1-18-8-6-11-20(16-18)31-24-15-5-4-14-23(24)28-25(29)17-27-26(30)22-13-7-10-19-9-2-3-12-21(19)22/h2-16H,17H2,1H3,(H,27,30)(H,28,29). The van der Waals surface area contributed by atoms with Crippen LogP contribution in [0.1, 0.15) is 15.9 Å². The van der Waals surface area contributed by atoms with Gasteiger partial charge in [0.25, 0.3) is 5.91 Å². The van der Waals surface area contributed by atoms with E-state index < -0.39 is 0 Å². The van der Waals surface area contributed by atoms with Crippen molar-refractivity contribution in [1.82, 2.24) is 5.32 Å². The summed E-state index contributed by atoms with van der Waals surface area (Å²) in [6.07, 6.45) is 0. The van der Waals surface area contributed by atoms with E-state index in [1.54, 1.807) is 18.2 Å². The molecule has 0 radical (unpaired) electrons. The molecule has 4 rings (SSSR count). The largest absolute Gasteiger partial charge is 0.455 e. The number of ether oxygens (including phenoxy) is 1. The number of fused-ring (bicyclic) bond motifs is 1. The van der Waals surface area contributed by atoms with E-state index in [1.807, 2.05) is 79.7 Å². The second kappa shape index (κ2) is 9.13. The van der Waals surface area contributed by atoms with Gasteiger partial charge in [0.15, 0.2) is 5.75 Å². The van der Waals surface area contributed by atoms with Crippen LogP contribution in [0.4, 0.5) is 5.69 Å². The Kier molecular flexibility index (Phi) is 5.94. The number of nitrogens with one attached hydrogen (secondary N) is 2. The molecule has 0 aromatic heterocycles. The molecule has 2 N–H and O–H groups in total. The average Bonchev–Trinajstić information content (AvgIpc) is 2.78. The fourth-order valence-corrected chi connectivity index (χ4v) is 3.34. The topological polar surface area (TPSA) is 67.4 Å². The van der Waals surface area contributed by atoms with Gasteiger partial charge in [-0.1, -0.05) is 60.7 Å². The highest BCUT2D eigenvalue weighted by Gasteiger charge is 2.13. The Bertz CT molecular complexity index is 1240. The molecule has 154 valence electrons. The van der Waals surface area contributed by atoms with Crippen molar-refractivity contribution in [2.24, 2.45) is 0 Å². The van der Waals surface area contributed by atoms with E-state index >= 15 is 0 Å². The van der Waals surface area contributed by atoms with Crippen LogP contribution in [-0.2, 0) is 4.79 Å². The number of hydrogen-bond acceptors (Lipinski definition) is 3. The lowest BCUT2D eigenvalue weighted by molar-refractivity contribution is -0.115. The van der Waals surface area contributed by atoms with Crippen molar-refractivity contribution in [3.63, 3.8) is 0 Å². The number of benzene rings is 4. The highest BCUT2D eigenvalue weighted by atomic mass is 16.5. The van der Waals surface area contributed by atoms with Crippen LogP contribution in [0.2, 0.25) is 0 Å². The second-order valence-corrected chi connectivity index (χ2v) is 7.17. The monoisotopic (exact) mass is 410 g/mol. The summed E-state index contributed by atoms with van der Waals surface area (Å²) in [7, 11) is 0. The van der Waals surface area contributed by atoms with E-state index in [1.165, 1.54) is 0 Å². The van der Waals surface area contributed by atoms with E-state index in [0.29, 0.717) is 22.7 Å². The zero-order valence-electron chi connectivity index (χ0n) is 17.1. The molecule has 0 fully saturated rings. The van der Waals surface area contributed by atoms with Crippen LogP contribution < -0.4 is 15.4 Å². The predicted octanol–water partition coefficient (Wildman–Crippen LogP) is 5.31. The van der Waals surface area contributed by atoms with Gasteiger partial charge >= 0.3 is 0 Å². The third-order valence-electron chi connectivity index (χ3n) is 4.82. The number of carbonyl (C=O) groups excluding carboxylic acids is 2. The van der Waals surface area contributed by atoms with Crippen molar-refractivity contribution in [3.05, 3.63) is 102 Å². The Hall–Kier alpha value is -4.12.